The molecule has 19 heavy (non-hydrogen) atoms. The van der Waals surface area contributed by atoms with E-state index in [1.54, 1.807) is 31.2 Å². The van der Waals surface area contributed by atoms with Crippen molar-refractivity contribution in [3.8, 4) is 0 Å². The predicted octanol–water partition coefficient (Wildman–Crippen LogP) is 3.98. The van der Waals surface area contributed by atoms with Gasteiger partial charge in [0.15, 0.2) is 0 Å². The Morgan fingerprint density at radius 2 is 2.11 bits per heavy atom. The number of nitrogens with zero attached hydrogens (tertiary/aromatic N) is 1. The Morgan fingerprint density at radius 3 is 2.68 bits per heavy atom. The van der Waals surface area contributed by atoms with Gasteiger partial charge in [-0.15, -0.1) is 11.3 Å². The normalized spacial score (nSPS) is 10.2. The van der Waals surface area contributed by atoms with E-state index in [0.29, 0.717) is 4.88 Å². The largest absolute Gasteiger partial charge is 0.316 e. The van der Waals surface area contributed by atoms with Crippen LogP contribution in [0.25, 0.3) is 0 Å². The van der Waals surface area contributed by atoms with Crippen molar-refractivity contribution < 1.29 is 9.72 Å². The first-order chi connectivity index (χ1) is 8.97. The van der Waals surface area contributed by atoms with E-state index in [-0.39, 0.29) is 17.3 Å². The van der Waals surface area contributed by atoms with E-state index in [1.807, 2.05) is 0 Å². The second-order valence-corrected chi connectivity index (χ2v) is 6.30. The number of carbonyl (C=O) groups excluding carboxylic acids is 1. The number of benzene rings is 1. The number of halogens is 1. The summed E-state index contributed by atoms with van der Waals surface area (Å²) in [6, 6.07) is 8.01. The highest BCUT2D eigenvalue weighted by atomic mass is 79.9. The molecular formula is C12H9BrN2O3S. The average molecular weight is 341 g/mol. The van der Waals surface area contributed by atoms with Crippen molar-refractivity contribution in [1.29, 1.82) is 0 Å². The van der Waals surface area contributed by atoms with Crippen LogP contribution in [0.3, 0.4) is 0 Å². The standard InChI is InChI=1S/C12H9BrN2O3S/c1-7-2-3-9(15(17)18)8(6-7)14-12(16)10-4-5-11(13)19-10/h2-6H,1H3,(H,14,16). The number of carbonyl (C=O) groups is 1. The SMILES string of the molecule is Cc1ccc([N+](=O)[O-])c(NC(=O)c2ccc(Br)s2)c1. The first-order valence-electron chi connectivity index (χ1n) is 5.29. The molecule has 0 aliphatic carbocycles. The molecule has 0 fully saturated rings. The molecule has 1 heterocycles. The van der Waals surface area contributed by atoms with Crippen molar-refractivity contribution >= 4 is 44.5 Å². The molecule has 0 radical (unpaired) electrons. The Labute approximate surface area is 121 Å². The van der Waals surface area contributed by atoms with Gasteiger partial charge in [-0.05, 0) is 46.6 Å². The highest BCUT2D eigenvalue weighted by Crippen LogP contribution is 2.27. The number of aryl methyl sites for hydroxylation is 1. The minimum absolute atomic E-state index is 0.116. The quantitative estimate of drug-likeness (QED) is 0.678. The monoisotopic (exact) mass is 340 g/mol. The minimum atomic E-state index is -0.514. The maximum absolute atomic E-state index is 12.0. The second kappa shape index (κ2) is 5.50. The summed E-state index contributed by atoms with van der Waals surface area (Å²) in [5.41, 5.74) is 0.933. The molecule has 98 valence electrons. The van der Waals surface area contributed by atoms with Crippen molar-refractivity contribution in [3.63, 3.8) is 0 Å². The van der Waals surface area contributed by atoms with E-state index >= 15 is 0 Å². The van der Waals surface area contributed by atoms with Gasteiger partial charge in [0.1, 0.15) is 5.69 Å². The molecule has 0 spiro atoms. The minimum Gasteiger partial charge on any atom is -0.316 e. The molecular weight excluding hydrogens is 332 g/mol. The number of anilines is 1. The Balaban J connectivity index is 2.30. The number of nitro benzene ring substituents is 1. The molecule has 0 aliphatic rings. The number of hydrogen-bond donors (Lipinski definition) is 1. The third-order valence-electron chi connectivity index (χ3n) is 2.39. The molecule has 0 saturated carbocycles. The maximum atomic E-state index is 12.0. The third kappa shape index (κ3) is 3.18. The van der Waals surface area contributed by atoms with Crippen LogP contribution < -0.4 is 5.32 Å². The van der Waals surface area contributed by atoms with Crippen molar-refractivity contribution in [2.45, 2.75) is 6.92 Å². The Kier molecular flexibility index (Phi) is 3.96. The first-order valence-corrected chi connectivity index (χ1v) is 6.90. The van der Waals surface area contributed by atoms with E-state index in [2.05, 4.69) is 21.2 Å². The highest BCUT2D eigenvalue weighted by Gasteiger charge is 2.17. The summed E-state index contributed by atoms with van der Waals surface area (Å²) in [5, 5.41) is 13.5. The van der Waals surface area contributed by atoms with E-state index in [4.69, 9.17) is 0 Å². The third-order valence-corrected chi connectivity index (χ3v) is 4.02. The van der Waals surface area contributed by atoms with Gasteiger partial charge in [0.25, 0.3) is 11.6 Å². The van der Waals surface area contributed by atoms with Crippen LogP contribution in [0.4, 0.5) is 11.4 Å². The van der Waals surface area contributed by atoms with Crippen LogP contribution in [0.15, 0.2) is 34.1 Å². The first kappa shape index (κ1) is 13.7. The van der Waals surface area contributed by atoms with Gasteiger partial charge in [-0.1, -0.05) is 6.07 Å². The van der Waals surface area contributed by atoms with Gasteiger partial charge in [-0.3, -0.25) is 14.9 Å². The van der Waals surface area contributed by atoms with Crippen LogP contribution in [0.5, 0.6) is 0 Å². The lowest BCUT2D eigenvalue weighted by molar-refractivity contribution is -0.383. The molecule has 7 heteroatoms. The zero-order chi connectivity index (χ0) is 14.0. The number of nitrogens with one attached hydrogen (secondary N) is 1. The molecule has 5 nitrogen and oxygen atoms in total. The van der Waals surface area contributed by atoms with Gasteiger partial charge < -0.3 is 5.32 Å². The molecule has 0 atom stereocenters. The molecule has 1 aromatic heterocycles. The van der Waals surface area contributed by atoms with Gasteiger partial charge in [0.2, 0.25) is 0 Å². The highest BCUT2D eigenvalue weighted by molar-refractivity contribution is 9.11. The van der Waals surface area contributed by atoms with Crippen LogP contribution in [0, 0.1) is 17.0 Å². The topological polar surface area (TPSA) is 72.2 Å². The van der Waals surface area contributed by atoms with E-state index in [0.717, 1.165) is 9.35 Å². The number of thiophene rings is 1. The molecule has 0 aliphatic heterocycles. The summed E-state index contributed by atoms with van der Waals surface area (Å²) in [7, 11) is 0. The molecule has 1 N–H and O–H groups in total. The summed E-state index contributed by atoms with van der Waals surface area (Å²) in [6.07, 6.45) is 0. The summed E-state index contributed by atoms with van der Waals surface area (Å²) in [4.78, 5) is 22.8. The lowest BCUT2D eigenvalue weighted by atomic mass is 10.2. The smallest absolute Gasteiger partial charge is 0.292 e. The van der Waals surface area contributed by atoms with Crippen LogP contribution in [-0.2, 0) is 0 Å². The predicted molar refractivity (Wildman–Crippen MR) is 77.8 cm³/mol. The Bertz CT molecular complexity index is 654. The zero-order valence-electron chi connectivity index (χ0n) is 9.84. The zero-order valence-corrected chi connectivity index (χ0v) is 12.2. The van der Waals surface area contributed by atoms with Gasteiger partial charge in [0, 0.05) is 6.07 Å². The molecule has 0 bridgehead atoms. The van der Waals surface area contributed by atoms with Gasteiger partial charge in [-0.25, -0.2) is 0 Å². The van der Waals surface area contributed by atoms with Gasteiger partial charge in [0.05, 0.1) is 13.6 Å². The van der Waals surface area contributed by atoms with Crippen molar-refractivity contribution in [1.82, 2.24) is 0 Å². The fraction of sp³-hybridized carbons (Fsp3) is 0.0833. The summed E-state index contributed by atoms with van der Waals surface area (Å²) < 4.78 is 0.830. The lowest BCUT2D eigenvalue weighted by Gasteiger charge is -2.05. The molecule has 2 rings (SSSR count). The van der Waals surface area contributed by atoms with Crippen LogP contribution in [0.2, 0.25) is 0 Å². The van der Waals surface area contributed by atoms with Crippen LogP contribution in [-0.4, -0.2) is 10.8 Å². The van der Waals surface area contributed by atoms with Crippen LogP contribution in [0.1, 0.15) is 15.2 Å². The number of nitro groups is 1. The molecule has 0 unspecified atom stereocenters. The van der Waals surface area contributed by atoms with E-state index < -0.39 is 4.92 Å². The number of hydrogen-bond acceptors (Lipinski definition) is 4. The van der Waals surface area contributed by atoms with Gasteiger partial charge >= 0.3 is 0 Å². The van der Waals surface area contributed by atoms with Crippen molar-refractivity contribution in [2.24, 2.45) is 0 Å². The average Bonchev–Trinajstić information content (AvgIpc) is 2.75. The molecule has 1 aromatic carbocycles. The summed E-state index contributed by atoms with van der Waals surface area (Å²) in [6.45, 7) is 1.81. The Hall–Kier alpha value is -1.73. The number of amides is 1. The van der Waals surface area contributed by atoms with E-state index in [1.165, 1.54) is 17.4 Å². The fourth-order valence-corrected chi connectivity index (χ4v) is 2.81. The molecule has 2 aromatic rings. The fourth-order valence-electron chi connectivity index (χ4n) is 1.53. The Morgan fingerprint density at radius 1 is 1.37 bits per heavy atom. The molecule has 0 saturated heterocycles. The second-order valence-electron chi connectivity index (χ2n) is 3.84. The van der Waals surface area contributed by atoms with Gasteiger partial charge in [-0.2, -0.15) is 0 Å². The van der Waals surface area contributed by atoms with Crippen molar-refractivity contribution in [2.75, 3.05) is 5.32 Å². The summed E-state index contributed by atoms with van der Waals surface area (Å²) in [5.74, 6) is -0.357. The lowest BCUT2D eigenvalue weighted by Crippen LogP contribution is -2.11. The molecule has 1 amide bonds. The number of rotatable bonds is 3. The maximum Gasteiger partial charge on any atom is 0.292 e. The van der Waals surface area contributed by atoms with E-state index in [9.17, 15) is 14.9 Å². The van der Waals surface area contributed by atoms with Crippen molar-refractivity contribution in [3.05, 3.63) is 54.7 Å². The summed E-state index contributed by atoms with van der Waals surface area (Å²) >= 11 is 4.53. The van der Waals surface area contributed by atoms with Crippen LogP contribution >= 0.6 is 27.3 Å².